The second-order valence-corrected chi connectivity index (χ2v) is 5.37. The average Bonchev–Trinajstić information content (AvgIpc) is 2.40. The predicted molar refractivity (Wildman–Crippen MR) is 79.4 cm³/mol. The summed E-state index contributed by atoms with van der Waals surface area (Å²) in [7, 11) is 0. The van der Waals surface area contributed by atoms with E-state index in [1.54, 1.807) is 12.1 Å². The Bertz CT molecular complexity index is 412. The second kappa shape index (κ2) is 7.72. The number of phenols is 1. The first-order valence-electron chi connectivity index (χ1n) is 6.60. The van der Waals surface area contributed by atoms with Crippen LogP contribution in [0.1, 0.15) is 44.7 Å². The zero-order chi connectivity index (χ0) is 14.4. The predicted octanol–water partition coefficient (Wildman–Crippen LogP) is 3.10. The third-order valence-corrected chi connectivity index (χ3v) is 3.61. The molecule has 19 heavy (non-hydrogen) atoms. The van der Waals surface area contributed by atoms with Gasteiger partial charge in [0.15, 0.2) is 11.5 Å². The first-order chi connectivity index (χ1) is 9.01. The molecule has 0 aliphatic heterocycles. The van der Waals surface area contributed by atoms with Crippen LogP contribution in [0.15, 0.2) is 16.6 Å². The molecule has 0 amide bonds. The van der Waals surface area contributed by atoms with Gasteiger partial charge in [0.2, 0.25) is 0 Å². The number of ether oxygens (including phenoxy) is 1. The number of hydrogen-bond acceptors (Lipinski definition) is 4. The van der Waals surface area contributed by atoms with Crippen molar-refractivity contribution in [2.75, 3.05) is 6.61 Å². The van der Waals surface area contributed by atoms with Crippen molar-refractivity contribution in [3.63, 3.8) is 0 Å². The largest absolute Gasteiger partial charge is 0.503 e. The monoisotopic (exact) mass is 331 g/mol. The number of phenolic OH excluding ortho intramolecular Hbond substituents is 1. The van der Waals surface area contributed by atoms with Crippen molar-refractivity contribution < 1.29 is 14.9 Å². The molecule has 0 radical (unpaired) electrons. The highest BCUT2D eigenvalue weighted by atomic mass is 79.9. The zero-order valence-corrected chi connectivity index (χ0v) is 13.0. The van der Waals surface area contributed by atoms with E-state index >= 15 is 0 Å². The molecule has 1 aromatic rings. The fraction of sp³-hybridized carbons (Fsp3) is 0.571. The number of rotatable bonds is 7. The van der Waals surface area contributed by atoms with Crippen LogP contribution in [0, 0.1) is 0 Å². The van der Waals surface area contributed by atoms with E-state index < -0.39 is 12.1 Å². The van der Waals surface area contributed by atoms with Gasteiger partial charge >= 0.3 is 0 Å². The van der Waals surface area contributed by atoms with Crippen LogP contribution in [0.4, 0.5) is 0 Å². The van der Waals surface area contributed by atoms with Crippen molar-refractivity contribution in [2.45, 2.75) is 45.3 Å². The highest BCUT2D eigenvalue weighted by Gasteiger charge is 2.19. The number of benzene rings is 1. The highest BCUT2D eigenvalue weighted by molar-refractivity contribution is 9.10. The van der Waals surface area contributed by atoms with Crippen molar-refractivity contribution in [3.8, 4) is 11.5 Å². The molecule has 0 bridgehead atoms. The van der Waals surface area contributed by atoms with Gasteiger partial charge in [0, 0.05) is 0 Å². The Morgan fingerprint density at radius 3 is 2.63 bits per heavy atom. The third-order valence-electron chi connectivity index (χ3n) is 3.00. The second-order valence-electron chi connectivity index (χ2n) is 4.52. The normalized spacial score (nSPS) is 14.2. The van der Waals surface area contributed by atoms with Crippen LogP contribution in [0.25, 0.3) is 0 Å². The first-order valence-corrected chi connectivity index (χ1v) is 7.39. The summed E-state index contributed by atoms with van der Waals surface area (Å²) in [4.78, 5) is 0. The number of halogens is 1. The molecule has 1 aromatic carbocycles. The van der Waals surface area contributed by atoms with E-state index in [9.17, 15) is 10.2 Å². The summed E-state index contributed by atoms with van der Waals surface area (Å²) in [6, 6.07) is 2.92. The van der Waals surface area contributed by atoms with Crippen LogP contribution in [-0.4, -0.2) is 22.9 Å². The summed E-state index contributed by atoms with van der Waals surface area (Å²) in [5.41, 5.74) is 6.80. The van der Waals surface area contributed by atoms with Gasteiger partial charge in [-0.25, -0.2) is 0 Å². The summed E-state index contributed by atoms with van der Waals surface area (Å²) in [6.45, 7) is 4.37. The molecule has 1 rings (SSSR count). The maximum absolute atomic E-state index is 10.0. The van der Waals surface area contributed by atoms with Crippen LogP contribution >= 0.6 is 15.9 Å². The van der Waals surface area contributed by atoms with Gasteiger partial charge in [-0.1, -0.05) is 19.8 Å². The number of aliphatic hydroxyl groups excluding tert-OH is 1. The zero-order valence-electron chi connectivity index (χ0n) is 11.4. The van der Waals surface area contributed by atoms with E-state index in [-0.39, 0.29) is 5.75 Å². The molecule has 0 saturated heterocycles. The molecule has 0 spiro atoms. The minimum Gasteiger partial charge on any atom is -0.503 e. The molecule has 4 nitrogen and oxygen atoms in total. The Morgan fingerprint density at radius 1 is 1.37 bits per heavy atom. The number of unbranched alkanes of at least 4 members (excludes halogenated alkanes) is 1. The molecule has 2 atom stereocenters. The quantitative estimate of drug-likeness (QED) is 0.717. The lowest BCUT2D eigenvalue weighted by Crippen LogP contribution is -2.26. The van der Waals surface area contributed by atoms with Gasteiger partial charge in [0.05, 0.1) is 23.2 Å². The Kier molecular flexibility index (Phi) is 6.62. The molecule has 0 aliphatic carbocycles. The standard InChI is InChI=1S/C14H22BrNO3/c1-3-5-6-11(17)13(16)9-7-10(15)14(18)12(8-9)19-4-2/h7-8,11,13,17-18H,3-6,16H2,1-2H3/t11-,13+/m0/s1. The minimum absolute atomic E-state index is 0.0563. The molecule has 4 N–H and O–H groups in total. The molecule has 0 aromatic heterocycles. The Morgan fingerprint density at radius 2 is 2.05 bits per heavy atom. The maximum Gasteiger partial charge on any atom is 0.172 e. The van der Waals surface area contributed by atoms with Crippen molar-refractivity contribution in [1.82, 2.24) is 0 Å². The maximum atomic E-state index is 10.0. The topological polar surface area (TPSA) is 75.7 Å². The minimum atomic E-state index is -0.592. The van der Waals surface area contributed by atoms with Crippen molar-refractivity contribution in [3.05, 3.63) is 22.2 Å². The number of aromatic hydroxyl groups is 1. The van der Waals surface area contributed by atoms with Crippen LogP contribution in [0.3, 0.4) is 0 Å². The van der Waals surface area contributed by atoms with Crippen LogP contribution in [-0.2, 0) is 0 Å². The number of aliphatic hydroxyl groups is 1. The SMILES string of the molecule is CCCC[C@H](O)[C@H](N)c1cc(Br)c(O)c(OCC)c1. The summed E-state index contributed by atoms with van der Waals surface area (Å²) < 4.78 is 5.87. The lowest BCUT2D eigenvalue weighted by molar-refractivity contribution is 0.132. The van der Waals surface area contributed by atoms with Crippen LogP contribution in [0.5, 0.6) is 11.5 Å². The first kappa shape index (κ1) is 16.3. The van der Waals surface area contributed by atoms with Gasteiger partial charge in [-0.2, -0.15) is 0 Å². The van der Waals surface area contributed by atoms with Gasteiger partial charge in [0.1, 0.15) is 0 Å². The van der Waals surface area contributed by atoms with Crippen molar-refractivity contribution in [1.29, 1.82) is 0 Å². The Labute approximate surface area is 122 Å². The lowest BCUT2D eigenvalue weighted by Gasteiger charge is -2.20. The van der Waals surface area contributed by atoms with Gasteiger partial charge in [-0.3, -0.25) is 0 Å². The van der Waals surface area contributed by atoms with Crippen molar-refractivity contribution in [2.24, 2.45) is 5.73 Å². The van der Waals surface area contributed by atoms with Crippen LogP contribution in [0.2, 0.25) is 0 Å². The molecule has 5 heteroatoms. The fourth-order valence-electron chi connectivity index (χ4n) is 1.87. The molecule has 108 valence electrons. The van der Waals surface area contributed by atoms with E-state index in [1.165, 1.54) is 0 Å². The Balaban J connectivity index is 2.93. The van der Waals surface area contributed by atoms with E-state index in [2.05, 4.69) is 22.9 Å². The molecule has 0 heterocycles. The molecular weight excluding hydrogens is 310 g/mol. The van der Waals surface area contributed by atoms with E-state index in [4.69, 9.17) is 10.5 Å². The summed E-state index contributed by atoms with van der Waals surface area (Å²) in [5.74, 6) is 0.436. The lowest BCUT2D eigenvalue weighted by atomic mass is 9.98. The molecule has 0 aliphatic rings. The summed E-state index contributed by atoms with van der Waals surface area (Å²) in [5, 5.41) is 19.9. The Hall–Kier alpha value is -0.780. The van der Waals surface area contributed by atoms with Crippen molar-refractivity contribution >= 4 is 15.9 Å². The fourth-order valence-corrected chi connectivity index (χ4v) is 2.33. The van der Waals surface area contributed by atoms with E-state index in [1.807, 2.05) is 6.92 Å². The molecule has 0 saturated carbocycles. The molecular formula is C14H22BrNO3. The average molecular weight is 332 g/mol. The molecule has 0 fully saturated rings. The van der Waals surface area contributed by atoms with E-state index in [0.717, 1.165) is 18.4 Å². The van der Waals surface area contributed by atoms with Gasteiger partial charge in [-0.05, 0) is 47.0 Å². The van der Waals surface area contributed by atoms with Gasteiger partial charge in [0.25, 0.3) is 0 Å². The highest BCUT2D eigenvalue weighted by Crippen LogP contribution is 2.37. The summed E-state index contributed by atoms with van der Waals surface area (Å²) in [6.07, 6.45) is 2.03. The van der Waals surface area contributed by atoms with Gasteiger partial charge in [-0.15, -0.1) is 0 Å². The molecule has 0 unspecified atom stereocenters. The van der Waals surface area contributed by atoms with Gasteiger partial charge < -0.3 is 20.7 Å². The number of hydrogen-bond donors (Lipinski definition) is 3. The van der Waals surface area contributed by atoms with E-state index in [0.29, 0.717) is 23.2 Å². The van der Waals surface area contributed by atoms with Crippen LogP contribution < -0.4 is 10.5 Å². The third kappa shape index (κ3) is 4.37. The number of nitrogens with two attached hydrogens (primary N) is 1. The summed E-state index contributed by atoms with van der Waals surface area (Å²) >= 11 is 3.27. The smallest absolute Gasteiger partial charge is 0.172 e.